The average Bonchev–Trinajstić information content (AvgIpc) is 3.00. The SMILES string of the molecule is NC(=O)c1c(-c2ccc(F)cc2)cnn1-c1ccc(S(N)(=O)=O)cc1. The van der Waals surface area contributed by atoms with Crippen LogP contribution in [0.1, 0.15) is 10.5 Å². The topological polar surface area (TPSA) is 121 Å². The molecule has 0 saturated heterocycles. The number of aromatic nitrogens is 2. The Morgan fingerprint density at radius 1 is 1.04 bits per heavy atom. The van der Waals surface area contributed by atoms with Crippen molar-refractivity contribution in [2.75, 3.05) is 0 Å². The molecule has 0 saturated carbocycles. The predicted molar refractivity (Wildman–Crippen MR) is 88.8 cm³/mol. The van der Waals surface area contributed by atoms with E-state index in [2.05, 4.69) is 5.10 Å². The minimum Gasteiger partial charge on any atom is -0.364 e. The Balaban J connectivity index is 2.11. The molecule has 7 nitrogen and oxygen atoms in total. The Morgan fingerprint density at radius 3 is 2.16 bits per heavy atom. The normalized spacial score (nSPS) is 11.4. The monoisotopic (exact) mass is 360 g/mol. The molecule has 0 atom stereocenters. The van der Waals surface area contributed by atoms with Crippen LogP contribution >= 0.6 is 0 Å². The number of primary amides is 1. The molecule has 2 aromatic carbocycles. The third-order valence-corrected chi connectivity index (χ3v) is 4.50. The van der Waals surface area contributed by atoms with Gasteiger partial charge in [0.15, 0.2) is 0 Å². The summed E-state index contributed by atoms with van der Waals surface area (Å²) in [5.41, 5.74) is 7.00. The van der Waals surface area contributed by atoms with E-state index in [4.69, 9.17) is 10.9 Å². The van der Waals surface area contributed by atoms with Gasteiger partial charge in [0.2, 0.25) is 10.0 Å². The fraction of sp³-hybridized carbons (Fsp3) is 0. The lowest BCUT2D eigenvalue weighted by Gasteiger charge is -2.08. The zero-order valence-corrected chi connectivity index (χ0v) is 13.6. The zero-order chi connectivity index (χ0) is 18.2. The number of primary sulfonamides is 1. The molecule has 25 heavy (non-hydrogen) atoms. The van der Waals surface area contributed by atoms with Crippen molar-refractivity contribution in [1.82, 2.24) is 9.78 Å². The molecule has 4 N–H and O–H groups in total. The van der Waals surface area contributed by atoms with Gasteiger partial charge in [-0.25, -0.2) is 22.6 Å². The molecule has 0 aliphatic carbocycles. The summed E-state index contributed by atoms with van der Waals surface area (Å²) in [6.45, 7) is 0. The van der Waals surface area contributed by atoms with E-state index < -0.39 is 21.7 Å². The van der Waals surface area contributed by atoms with Crippen LogP contribution in [-0.2, 0) is 10.0 Å². The van der Waals surface area contributed by atoms with Gasteiger partial charge in [0.05, 0.1) is 16.8 Å². The number of benzene rings is 2. The fourth-order valence-electron chi connectivity index (χ4n) is 2.40. The molecular formula is C16H13FN4O3S. The minimum absolute atomic E-state index is 0.0669. The molecule has 9 heteroatoms. The Labute approximate surface area is 142 Å². The van der Waals surface area contributed by atoms with Crippen molar-refractivity contribution in [2.45, 2.75) is 4.90 Å². The molecule has 0 aliphatic rings. The van der Waals surface area contributed by atoms with Crippen molar-refractivity contribution < 1.29 is 17.6 Å². The van der Waals surface area contributed by atoms with Gasteiger partial charge in [-0.15, -0.1) is 0 Å². The molecule has 128 valence electrons. The van der Waals surface area contributed by atoms with Gasteiger partial charge in [0, 0.05) is 5.56 Å². The number of hydrogen-bond donors (Lipinski definition) is 2. The number of nitrogens with two attached hydrogens (primary N) is 2. The van der Waals surface area contributed by atoms with Crippen molar-refractivity contribution >= 4 is 15.9 Å². The molecule has 1 amide bonds. The number of carbonyl (C=O) groups is 1. The molecule has 0 unspecified atom stereocenters. The summed E-state index contributed by atoms with van der Waals surface area (Å²) in [6, 6.07) is 11.0. The number of sulfonamides is 1. The summed E-state index contributed by atoms with van der Waals surface area (Å²) in [6.07, 6.45) is 1.43. The first-order valence-electron chi connectivity index (χ1n) is 7.04. The van der Waals surface area contributed by atoms with Crippen molar-refractivity contribution in [1.29, 1.82) is 0 Å². The first-order chi connectivity index (χ1) is 11.8. The van der Waals surface area contributed by atoms with Crippen LogP contribution in [0.5, 0.6) is 0 Å². The van der Waals surface area contributed by atoms with Crippen LogP contribution in [0.4, 0.5) is 4.39 Å². The first-order valence-corrected chi connectivity index (χ1v) is 8.59. The maximum absolute atomic E-state index is 13.1. The van der Waals surface area contributed by atoms with Gasteiger partial charge in [-0.2, -0.15) is 5.10 Å². The quantitative estimate of drug-likeness (QED) is 0.731. The van der Waals surface area contributed by atoms with E-state index >= 15 is 0 Å². The van der Waals surface area contributed by atoms with Crippen LogP contribution in [-0.4, -0.2) is 24.1 Å². The summed E-state index contributed by atoms with van der Waals surface area (Å²) < 4.78 is 37.0. The molecule has 1 aromatic heterocycles. The number of rotatable bonds is 4. The van der Waals surface area contributed by atoms with Crippen molar-refractivity contribution in [3.8, 4) is 16.8 Å². The van der Waals surface area contributed by atoms with E-state index in [1.165, 1.54) is 59.4 Å². The second-order valence-corrected chi connectivity index (χ2v) is 6.79. The van der Waals surface area contributed by atoms with Crippen LogP contribution in [0.25, 0.3) is 16.8 Å². The minimum atomic E-state index is -3.83. The maximum atomic E-state index is 13.1. The summed E-state index contributed by atoms with van der Waals surface area (Å²) in [5, 5.41) is 9.20. The molecule has 0 spiro atoms. The number of nitrogens with zero attached hydrogens (tertiary/aromatic N) is 2. The van der Waals surface area contributed by atoms with Crippen molar-refractivity contribution in [3.05, 3.63) is 66.2 Å². The standard InChI is InChI=1S/C16H13FN4O3S/c17-11-3-1-10(2-4-11)14-9-20-21(15(14)16(18)22)12-5-7-13(8-6-12)25(19,23)24/h1-9H,(H2,18,22)(H2,19,23,24). The molecule has 1 heterocycles. The Kier molecular flexibility index (Phi) is 4.11. The molecule has 3 aromatic rings. The number of halogens is 1. The van der Waals surface area contributed by atoms with Crippen LogP contribution < -0.4 is 10.9 Å². The van der Waals surface area contributed by atoms with E-state index in [9.17, 15) is 17.6 Å². The molecule has 0 bridgehead atoms. The van der Waals surface area contributed by atoms with Crippen LogP contribution in [0.3, 0.4) is 0 Å². The third-order valence-electron chi connectivity index (χ3n) is 3.57. The largest absolute Gasteiger partial charge is 0.364 e. The van der Waals surface area contributed by atoms with Gasteiger partial charge in [0.25, 0.3) is 5.91 Å². The number of amides is 1. The Bertz CT molecular complexity index is 1040. The summed E-state index contributed by atoms with van der Waals surface area (Å²) in [5.74, 6) is -1.14. The smallest absolute Gasteiger partial charge is 0.268 e. The van der Waals surface area contributed by atoms with Gasteiger partial charge in [0.1, 0.15) is 11.5 Å². The van der Waals surface area contributed by atoms with Crippen molar-refractivity contribution in [3.63, 3.8) is 0 Å². The highest BCUT2D eigenvalue weighted by molar-refractivity contribution is 7.89. The van der Waals surface area contributed by atoms with Gasteiger partial charge in [-0.3, -0.25) is 4.79 Å². The lowest BCUT2D eigenvalue weighted by molar-refractivity contribution is 0.0993. The first kappa shape index (κ1) is 16.8. The number of hydrogen-bond acceptors (Lipinski definition) is 4. The highest BCUT2D eigenvalue weighted by Gasteiger charge is 2.19. The lowest BCUT2D eigenvalue weighted by Crippen LogP contribution is -2.18. The maximum Gasteiger partial charge on any atom is 0.268 e. The molecule has 3 rings (SSSR count). The van der Waals surface area contributed by atoms with Gasteiger partial charge in [-0.1, -0.05) is 12.1 Å². The molecule has 0 fully saturated rings. The van der Waals surface area contributed by atoms with E-state index in [0.29, 0.717) is 16.8 Å². The van der Waals surface area contributed by atoms with E-state index in [-0.39, 0.29) is 10.6 Å². The lowest BCUT2D eigenvalue weighted by atomic mass is 10.1. The predicted octanol–water partition coefficient (Wildman–Crippen LogP) is 1.42. The molecular weight excluding hydrogens is 347 g/mol. The highest BCUT2D eigenvalue weighted by atomic mass is 32.2. The third kappa shape index (κ3) is 3.28. The highest BCUT2D eigenvalue weighted by Crippen LogP contribution is 2.26. The zero-order valence-electron chi connectivity index (χ0n) is 12.8. The second kappa shape index (κ2) is 6.11. The van der Waals surface area contributed by atoms with Gasteiger partial charge < -0.3 is 5.73 Å². The van der Waals surface area contributed by atoms with Crippen LogP contribution in [0.15, 0.2) is 59.6 Å². The van der Waals surface area contributed by atoms with Gasteiger partial charge >= 0.3 is 0 Å². The average molecular weight is 360 g/mol. The molecule has 0 aliphatic heterocycles. The fourth-order valence-corrected chi connectivity index (χ4v) is 2.91. The van der Waals surface area contributed by atoms with Crippen LogP contribution in [0.2, 0.25) is 0 Å². The Morgan fingerprint density at radius 2 is 1.64 bits per heavy atom. The van der Waals surface area contributed by atoms with Crippen LogP contribution in [0, 0.1) is 5.82 Å². The van der Waals surface area contributed by atoms with E-state index in [0.717, 1.165) is 0 Å². The number of carbonyl (C=O) groups excluding carboxylic acids is 1. The van der Waals surface area contributed by atoms with E-state index in [1.54, 1.807) is 0 Å². The summed E-state index contributed by atoms with van der Waals surface area (Å²) in [4.78, 5) is 11.8. The second-order valence-electron chi connectivity index (χ2n) is 5.23. The van der Waals surface area contributed by atoms with Gasteiger partial charge in [-0.05, 0) is 42.0 Å². The summed E-state index contributed by atoms with van der Waals surface area (Å²) >= 11 is 0. The van der Waals surface area contributed by atoms with Crippen molar-refractivity contribution in [2.24, 2.45) is 10.9 Å². The summed E-state index contributed by atoms with van der Waals surface area (Å²) in [7, 11) is -3.83. The van der Waals surface area contributed by atoms with E-state index in [1.807, 2.05) is 0 Å². The Hall–Kier alpha value is -3.04. The molecule has 0 radical (unpaired) electrons.